The van der Waals surface area contributed by atoms with Gasteiger partial charge in [-0.3, -0.25) is 4.72 Å². The minimum atomic E-state index is -5.04. The third kappa shape index (κ3) is 3.22. The van der Waals surface area contributed by atoms with E-state index in [9.17, 15) is 20.7 Å². The van der Waals surface area contributed by atoms with E-state index < -0.39 is 25.1 Å². The number of rotatable bonds is 4. The van der Waals surface area contributed by atoms with Gasteiger partial charge in [-0.2, -0.15) is 16.8 Å². The third-order valence-electron chi connectivity index (χ3n) is 2.76. The van der Waals surface area contributed by atoms with Crippen molar-refractivity contribution in [3.8, 4) is 0 Å². The second-order valence-electron chi connectivity index (χ2n) is 4.28. The van der Waals surface area contributed by atoms with E-state index in [4.69, 9.17) is 0 Å². The van der Waals surface area contributed by atoms with Crippen molar-refractivity contribution >= 4 is 25.9 Å². The van der Waals surface area contributed by atoms with Crippen molar-refractivity contribution < 1.29 is 20.7 Å². The van der Waals surface area contributed by atoms with Crippen molar-refractivity contribution in [1.82, 2.24) is 9.55 Å². The molecule has 0 saturated carbocycles. The lowest BCUT2D eigenvalue weighted by Crippen LogP contribution is -2.15. The number of aryl methyl sites for hydroxylation is 2. The number of aromatic nitrogens is 2. The summed E-state index contributed by atoms with van der Waals surface area (Å²) in [5.74, 6) is 0.460. The minimum absolute atomic E-state index is 0.284. The Morgan fingerprint density at radius 1 is 1.19 bits per heavy atom. The van der Waals surface area contributed by atoms with Crippen molar-refractivity contribution in [3.63, 3.8) is 0 Å². The third-order valence-corrected chi connectivity index (χ3v) is 4.87. The molecule has 7 nitrogen and oxygen atoms in total. The van der Waals surface area contributed by atoms with Crippen LogP contribution >= 0.6 is 0 Å². The van der Waals surface area contributed by atoms with Gasteiger partial charge >= 0.3 is 10.2 Å². The summed E-state index contributed by atoms with van der Waals surface area (Å²) in [4.78, 5) is 3.09. The maximum atomic E-state index is 13.1. The monoisotopic (exact) mass is 333 g/mol. The standard InChI is InChI=1S/C11H12FN3O4S2/c1-8-13-11(7-15(8)2)21(18,19)14-9-5-3-4-6-10(9)20(12,16)17/h3-7,14H,1-2H3. The van der Waals surface area contributed by atoms with Gasteiger partial charge in [-0.1, -0.05) is 12.1 Å². The molecule has 0 atom stereocenters. The van der Waals surface area contributed by atoms with E-state index in [2.05, 4.69) is 4.98 Å². The Bertz CT molecular complexity index is 868. The number of para-hydroxylation sites is 1. The fourth-order valence-corrected chi connectivity index (χ4v) is 3.43. The van der Waals surface area contributed by atoms with E-state index in [0.717, 1.165) is 12.1 Å². The molecule has 0 amide bonds. The number of anilines is 1. The first-order valence-corrected chi connectivity index (χ1v) is 8.54. The summed E-state index contributed by atoms with van der Waals surface area (Å²) in [6, 6.07) is 4.79. The van der Waals surface area contributed by atoms with E-state index >= 15 is 0 Å². The normalized spacial score (nSPS) is 12.3. The Kier molecular flexibility index (Phi) is 3.76. The maximum Gasteiger partial charge on any atom is 0.334 e. The highest BCUT2D eigenvalue weighted by Gasteiger charge is 2.23. The summed E-state index contributed by atoms with van der Waals surface area (Å²) in [5.41, 5.74) is -0.372. The molecule has 2 aromatic rings. The lowest BCUT2D eigenvalue weighted by molar-refractivity contribution is 0.552. The van der Waals surface area contributed by atoms with E-state index in [1.54, 1.807) is 14.0 Å². The summed E-state index contributed by atoms with van der Waals surface area (Å²) >= 11 is 0. The average Bonchev–Trinajstić information content (AvgIpc) is 2.69. The summed E-state index contributed by atoms with van der Waals surface area (Å²) in [6.45, 7) is 1.61. The van der Waals surface area contributed by atoms with Crippen LogP contribution in [0.25, 0.3) is 0 Å². The molecule has 0 aliphatic heterocycles. The fraction of sp³-hybridized carbons (Fsp3) is 0.182. The van der Waals surface area contributed by atoms with Gasteiger partial charge in [0, 0.05) is 13.2 Å². The van der Waals surface area contributed by atoms with Crippen molar-refractivity contribution in [2.24, 2.45) is 7.05 Å². The van der Waals surface area contributed by atoms with Crippen molar-refractivity contribution in [1.29, 1.82) is 0 Å². The van der Waals surface area contributed by atoms with E-state index in [1.165, 1.54) is 22.9 Å². The van der Waals surface area contributed by atoms with Gasteiger partial charge in [0.1, 0.15) is 10.7 Å². The molecule has 0 fully saturated rings. The van der Waals surface area contributed by atoms with Gasteiger partial charge in [0.15, 0.2) is 5.03 Å². The van der Waals surface area contributed by atoms with Gasteiger partial charge in [0.05, 0.1) is 5.69 Å². The van der Waals surface area contributed by atoms with E-state index in [0.29, 0.717) is 5.82 Å². The molecule has 0 radical (unpaired) electrons. The molecule has 0 unspecified atom stereocenters. The number of nitrogens with one attached hydrogen (secondary N) is 1. The molecule has 10 heteroatoms. The van der Waals surface area contributed by atoms with Crippen molar-refractivity contribution in [2.45, 2.75) is 16.8 Å². The van der Waals surface area contributed by atoms with E-state index in [-0.39, 0.29) is 10.7 Å². The second kappa shape index (κ2) is 5.11. The lowest BCUT2D eigenvalue weighted by atomic mass is 10.3. The van der Waals surface area contributed by atoms with Crippen LogP contribution in [0.2, 0.25) is 0 Å². The van der Waals surface area contributed by atoms with Crippen LogP contribution < -0.4 is 4.72 Å². The number of imidazole rings is 1. The van der Waals surface area contributed by atoms with Gasteiger partial charge in [-0.25, -0.2) is 4.98 Å². The number of nitrogens with zero attached hydrogens (tertiary/aromatic N) is 2. The summed E-state index contributed by atoms with van der Waals surface area (Å²) in [7, 11) is -7.54. The Morgan fingerprint density at radius 3 is 2.33 bits per heavy atom. The minimum Gasteiger partial charge on any atom is -0.337 e. The maximum absolute atomic E-state index is 13.1. The van der Waals surface area contributed by atoms with Crippen LogP contribution in [0.3, 0.4) is 0 Å². The number of hydrogen-bond donors (Lipinski definition) is 1. The number of hydrogen-bond acceptors (Lipinski definition) is 5. The van der Waals surface area contributed by atoms with Gasteiger partial charge in [-0.05, 0) is 19.1 Å². The van der Waals surface area contributed by atoms with E-state index in [1.807, 2.05) is 4.72 Å². The number of halogens is 1. The molecule has 1 N–H and O–H groups in total. The molecule has 0 saturated heterocycles. The topological polar surface area (TPSA) is 98.1 Å². The van der Waals surface area contributed by atoms with Gasteiger partial charge in [-0.15, -0.1) is 3.89 Å². The van der Waals surface area contributed by atoms with Crippen molar-refractivity contribution in [2.75, 3.05) is 4.72 Å². The van der Waals surface area contributed by atoms with Crippen LogP contribution in [0, 0.1) is 6.92 Å². The Morgan fingerprint density at radius 2 is 1.81 bits per heavy atom. The molecule has 1 aromatic carbocycles. The molecule has 0 aliphatic carbocycles. The molecule has 0 bridgehead atoms. The number of benzene rings is 1. The summed E-state index contributed by atoms with van der Waals surface area (Å²) < 4.78 is 63.0. The predicted octanol–water partition coefficient (Wildman–Crippen LogP) is 1.19. The zero-order valence-corrected chi connectivity index (χ0v) is 12.7. The first-order valence-electron chi connectivity index (χ1n) is 5.68. The highest BCUT2D eigenvalue weighted by molar-refractivity contribution is 7.92. The van der Waals surface area contributed by atoms with Crippen LogP contribution in [-0.4, -0.2) is 26.4 Å². The Labute approximate surface area is 121 Å². The van der Waals surface area contributed by atoms with Crippen molar-refractivity contribution in [3.05, 3.63) is 36.3 Å². The fourth-order valence-electron chi connectivity index (χ4n) is 1.62. The summed E-state index contributed by atoms with van der Waals surface area (Å²) in [5, 5.41) is -0.284. The molecule has 1 heterocycles. The molecule has 2 rings (SSSR count). The highest BCUT2D eigenvalue weighted by atomic mass is 32.3. The predicted molar refractivity (Wildman–Crippen MR) is 73.5 cm³/mol. The van der Waals surface area contributed by atoms with Crippen LogP contribution in [-0.2, 0) is 27.3 Å². The number of sulfonamides is 1. The first-order chi connectivity index (χ1) is 9.61. The molecule has 1 aromatic heterocycles. The molecule has 0 spiro atoms. The van der Waals surface area contributed by atoms with Crippen LogP contribution in [0.5, 0.6) is 0 Å². The lowest BCUT2D eigenvalue weighted by Gasteiger charge is -2.08. The average molecular weight is 333 g/mol. The molecular weight excluding hydrogens is 321 g/mol. The van der Waals surface area contributed by atoms with Gasteiger partial charge in [0.25, 0.3) is 10.0 Å². The van der Waals surface area contributed by atoms with Crippen LogP contribution in [0.15, 0.2) is 40.4 Å². The van der Waals surface area contributed by atoms with Crippen LogP contribution in [0.1, 0.15) is 5.82 Å². The molecular formula is C11H12FN3O4S2. The zero-order chi connectivity index (χ0) is 15.8. The second-order valence-corrected chi connectivity index (χ2v) is 7.22. The Balaban J connectivity index is 2.47. The largest absolute Gasteiger partial charge is 0.337 e. The SMILES string of the molecule is Cc1nc(S(=O)(=O)Nc2ccccc2S(=O)(=O)F)cn1C. The smallest absolute Gasteiger partial charge is 0.334 e. The van der Waals surface area contributed by atoms with Gasteiger partial charge in [0.2, 0.25) is 0 Å². The summed E-state index contributed by atoms with van der Waals surface area (Å²) in [6.07, 6.45) is 1.27. The highest BCUT2D eigenvalue weighted by Crippen LogP contribution is 2.25. The molecule has 114 valence electrons. The molecule has 0 aliphatic rings. The zero-order valence-electron chi connectivity index (χ0n) is 11.1. The van der Waals surface area contributed by atoms with Crippen LogP contribution in [0.4, 0.5) is 9.57 Å². The quantitative estimate of drug-likeness (QED) is 0.848. The van der Waals surface area contributed by atoms with Gasteiger partial charge < -0.3 is 4.57 Å². The Hall–Kier alpha value is -1.94. The molecule has 21 heavy (non-hydrogen) atoms. The first kappa shape index (κ1) is 15.4.